The fourth-order valence-corrected chi connectivity index (χ4v) is 3.23. The summed E-state index contributed by atoms with van der Waals surface area (Å²) >= 11 is 0. The van der Waals surface area contributed by atoms with Crippen LogP contribution < -0.4 is 5.32 Å². The molecule has 0 aliphatic rings. The largest absolute Gasteiger partial charge is 0.480 e. The van der Waals surface area contributed by atoms with Gasteiger partial charge < -0.3 is 10.4 Å². The second-order valence-electron chi connectivity index (χ2n) is 4.62. The van der Waals surface area contributed by atoms with Gasteiger partial charge in [-0.3, -0.25) is 4.79 Å². The summed E-state index contributed by atoms with van der Waals surface area (Å²) in [5.74, 6) is -2.45. The highest BCUT2D eigenvalue weighted by Gasteiger charge is 2.25. The van der Waals surface area contributed by atoms with Crippen LogP contribution in [0.25, 0.3) is 0 Å². The van der Waals surface area contributed by atoms with Gasteiger partial charge in [-0.05, 0) is 6.42 Å². The molecule has 0 aliphatic carbocycles. The van der Waals surface area contributed by atoms with Gasteiger partial charge in [0.15, 0.2) is 9.84 Å². The lowest BCUT2D eigenvalue weighted by Gasteiger charge is -2.13. The molecule has 0 aromatic carbocycles. The van der Waals surface area contributed by atoms with E-state index in [9.17, 15) is 18.0 Å². The van der Waals surface area contributed by atoms with Crippen molar-refractivity contribution < 1.29 is 23.1 Å². The van der Waals surface area contributed by atoms with Gasteiger partial charge >= 0.3 is 5.97 Å². The number of carbonyl (C=O) groups excluding carboxylic acids is 1. The average Bonchev–Trinajstić information content (AvgIpc) is 2.26. The highest BCUT2D eigenvalue weighted by Crippen LogP contribution is 2.06. The molecule has 0 aromatic heterocycles. The van der Waals surface area contributed by atoms with Gasteiger partial charge in [0.2, 0.25) is 5.91 Å². The first-order valence-electron chi connectivity index (χ1n) is 6.49. The number of rotatable bonds is 10. The molecule has 0 aliphatic heterocycles. The second kappa shape index (κ2) is 8.90. The topological polar surface area (TPSA) is 101 Å². The van der Waals surface area contributed by atoms with Crippen LogP contribution in [0.3, 0.4) is 0 Å². The van der Waals surface area contributed by atoms with E-state index in [1.807, 2.05) is 0 Å². The van der Waals surface area contributed by atoms with Crippen LogP contribution in [0, 0.1) is 0 Å². The molecule has 1 unspecified atom stereocenters. The maximum atomic E-state index is 11.7. The molecule has 0 saturated heterocycles. The zero-order chi connectivity index (χ0) is 14.9. The minimum atomic E-state index is -3.45. The monoisotopic (exact) mass is 293 g/mol. The Kier molecular flexibility index (Phi) is 8.38. The Bertz CT molecular complexity index is 391. The van der Waals surface area contributed by atoms with Gasteiger partial charge in [0.25, 0.3) is 0 Å². The highest BCUT2D eigenvalue weighted by atomic mass is 32.2. The van der Waals surface area contributed by atoms with Crippen molar-refractivity contribution in [3.05, 3.63) is 0 Å². The number of hydrogen-bond donors (Lipinski definition) is 2. The number of unbranched alkanes of at least 4 members (excludes halogenated alkanes) is 4. The summed E-state index contributed by atoms with van der Waals surface area (Å²) in [4.78, 5) is 21.7. The van der Waals surface area contributed by atoms with Crippen LogP contribution >= 0.6 is 0 Å². The van der Waals surface area contributed by atoms with Crippen molar-refractivity contribution in [3.8, 4) is 0 Å². The van der Waals surface area contributed by atoms with E-state index >= 15 is 0 Å². The molecule has 0 rings (SSSR count). The maximum absolute atomic E-state index is 11.7. The van der Waals surface area contributed by atoms with Crippen molar-refractivity contribution in [2.45, 2.75) is 52.0 Å². The Morgan fingerprint density at radius 2 is 1.74 bits per heavy atom. The van der Waals surface area contributed by atoms with Crippen LogP contribution in [-0.4, -0.2) is 42.9 Å². The molecule has 7 heteroatoms. The number of amides is 1. The van der Waals surface area contributed by atoms with E-state index in [0.717, 1.165) is 32.6 Å². The van der Waals surface area contributed by atoms with Crippen molar-refractivity contribution in [1.29, 1.82) is 0 Å². The summed E-state index contributed by atoms with van der Waals surface area (Å²) in [7, 11) is -3.45. The summed E-state index contributed by atoms with van der Waals surface area (Å²) in [6.07, 6.45) is 4.50. The fourth-order valence-electron chi connectivity index (χ4n) is 1.68. The summed E-state index contributed by atoms with van der Waals surface area (Å²) in [6.45, 7) is 3.23. The third kappa shape index (κ3) is 9.47. The molecular weight excluding hydrogens is 270 g/mol. The summed E-state index contributed by atoms with van der Waals surface area (Å²) in [5, 5.41) is 11.0. The zero-order valence-corrected chi connectivity index (χ0v) is 12.3. The number of hydrogen-bond acceptors (Lipinski definition) is 4. The van der Waals surface area contributed by atoms with Crippen LogP contribution in [-0.2, 0) is 19.4 Å². The molecular formula is C12H23NO5S. The van der Waals surface area contributed by atoms with Crippen LogP contribution in [0.4, 0.5) is 0 Å². The van der Waals surface area contributed by atoms with Crippen LogP contribution in [0.1, 0.15) is 46.0 Å². The van der Waals surface area contributed by atoms with E-state index in [0.29, 0.717) is 6.42 Å². The third-order valence-corrected chi connectivity index (χ3v) is 4.41. The lowest BCUT2D eigenvalue weighted by molar-refractivity contribution is -0.140. The van der Waals surface area contributed by atoms with Gasteiger partial charge in [0.05, 0.1) is 11.5 Å². The van der Waals surface area contributed by atoms with Crippen molar-refractivity contribution in [1.82, 2.24) is 5.32 Å². The van der Waals surface area contributed by atoms with Gasteiger partial charge in [0.1, 0.15) is 6.04 Å². The molecule has 0 spiro atoms. The van der Waals surface area contributed by atoms with Gasteiger partial charge in [-0.2, -0.15) is 0 Å². The van der Waals surface area contributed by atoms with E-state index in [4.69, 9.17) is 5.11 Å². The van der Waals surface area contributed by atoms with Crippen molar-refractivity contribution >= 4 is 21.7 Å². The van der Waals surface area contributed by atoms with Gasteiger partial charge in [-0.15, -0.1) is 0 Å². The van der Waals surface area contributed by atoms with E-state index in [-0.39, 0.29) is 5.75 Å². The van der Waals surface area contributed by atoms with E-state index in [1.165, 1.54) is 0 Å². The minimum absolute atomic E-state index is 0.0277. The summed E-state index contributed by atoms with van der Waals surface area (Å²) in [5.41, 5.74) is 0. The van der Waals surface area contributed by atoms with E-state index < -0.39 is 33.5 Å². The number of carboxylic acids is 1. The Hall–Kier alpha value is -1.11. The van der Waals surface area contributed by atoms with Gasteiger partial charge in [-0.25, -0.2) is 13.2 Å². The van der Waals surface area contributed by atoms with Crippen LogP contribution in [0.2, 0.25) is 0 Å². The normalized spacial score (nSPS) is 12.9. The Morgan fingerprint density at radius 3 is 2.21 bits per heavy atom. The molecule has 19 heavy (non-hydrogen) atoms. The van der Waals surface area contributed by atoms with E-state index in [2.05, 4.69) is 12.2 Å². The zero-order valence-electron chi connectivity index (χ0n) is 11.5. The summed E-state index contributed by atoms with van der Waals surface area (Å²) < 4.78 is 23.5. The van der Waals surface area contributed by atoms with Crippen LogP contribution in [0.15, 0.2) is 0 Å². The highest BCUT2D eigenvalue weighted by molar-refractivity contribution is 7.91. The molecule has 2 N–H and O–H groups in total. The Labute approximate surface area is 114 Å². The van der Waals surface area contributed by atoms with Crippen LogP contribution in [0.5, 0.6) is 0 Å². The van der Waals surface area contributed by atoms with Gasteiger partial charge in [-0.1, -0.05) is 32.6 Å². The average molecular weight is 293 g/mol. The fraction of sp³-hybridized carbons (Fsp3) is 0.833. The number of aliphatic carboxylic acids is 1. The Balaban J connectivity index is 4.24. The molecule has 6 nitrogen and oxygen atoms in total. The SMILES string of the molecule is CCCCCCCS(=O)(=O)CC(NC(C)=O)C(=O)O. The maximum Gasteiger partial charge on any atom is 0.327 e. The standard InChI is InChI=1S/C12H23NO5S/c1-3-4-5-6-7-8-19(17,18)9-11(12(15)16)13-10(2)14/h11H,3-9H2,1-2H3,(H,13,14)(H,15,16). The van der Waals surface area contributed by atoms with Crippen molar-refractivity contribution in [3.63, 3.8) is 0 Å². The molecule has 0 saturated carbocycles. The summed E-state index contributed by atoms with van der Waals surface area (Å²) in [6, 6.07) is -1.36. The molecule has 1 amide bonds. The number of carbonyl (C=O) groups is 2. The first-order valence-corrected chi connectivity index (χ1v) is 8.31. The predicted octanol–water partition coefficient (Wildman–Crippen LogP) is 0.961. The molecule has 0 bridgehead atoms. The van der Waals surface area contributed by atoms with E-state index in [1.54, 1.807) is 0 Å². The quantitative estimate of drug-likeness (QED) is 0.584. The Morgan fingerprint density at radius 1 is 1.16 bits per heavy atom. The first-order chi connectivity index (χ1) is 8.78. The first kappa shape index (κ1) is 17.9. The minimum Gasteiger partial charge on any atom is -0.480 e. The molecule has 0 fully saturated rings. The van der Waals surface area contributed by atoms with Crippen molar-refractivity contribution in [2.24, 2.45) is 0 Å². The molecule has 112 valence electrons. The molecule has 0 aromatic rings. The van der Waals surface area contributed by atoms with Crippen molar-refractivity contribution in [2.75, 3.05) is 11.5 Å². The smallest absolute Gasteiger partial charge is 0.327 e. The molecule has 0 heterocycles. The lowest BCUT2D eigenvalue weighted by Crippen LogP contribution is -2.44. The second-order valence-corrected chi connectivity index (χ2v) is 6.85. The predicted molar refractivity (Wildman–Crippen MR) is 72.7 cm³/mol. The molecule has 0 radical (unpaired) electrons. The molecule has 1 atom stereocenters. The number of nitrogens with one attached hydrogen (secondary N) is 1. The number of carboxylic acid groups (broad SMARTS) is 1. The third-order valence-electron chi connectivity index (χ3n) is 2.66. The number of sulfone groups is 1. The van der Waals surface area contributed by atoms with Gasteiger partial charge in [0, 0.05) is 6.92 Å². The lowest BCUT2D eigenvalue weighted by atomic mass is 10.2.